The summed E-state index contributed by atoms with van der Waals surface area (Å²) < 4.78 is 27.5. The molecular formula is C19H20BrF2N3O. The first-order chi connectivity index (χ1) is 12.4. The van der Waals surface area contributed by atoms with Crippen LogP contribution in [0, 0.1) is 11.6 Å². The van der Waals surface area contributed by atoms with Gasteiger partial charge in [-0.2, -0.15) is 0 Å². The number of nitrogens with one attached hydrogen (secondary N) is 1. The molecule has 0 aromatic heterocycles. The zero-order valence-electron chi connectivity index (χ0n) is 14.4. The molecule has 1 atom stereocenters. The molecular weight excluding hydrogens is 404 g/mol. The molecule has 1 amide bonds. The van der Waals surface area contributed by atoms with Gasteiger partial charge < -0.3 is 16.0 Å². The molecule has 26 heavy (non-hydrogen) atoms. The fraction of sp³-hybridized carbons (Fsp3) is 0.316. The number of nitrogen functional groups attached to an aromatic ring is 1. The molecule has 1 fully saturated rings. The molecule has 138 valence electrons. The van der Waals surface area contributed by atoms with E-state index in [1.165, 1.54) is 0 Å². The Labute approximate surface area is 159 Å². The number of hydrogen-bond donors (Lipinski definition) is 2. The minimum Gasteiger partial charge on any atom is -0.399 e. The highest BCUT2D eigenvalue weighted by molar-refractivity contribution is 9.10. The maximum atomic E-state index is 14.1. The maximum Gasteiger partial charge on any atom is 0.257 e. The van der Waals surface area contributed by atoms with Crippen LogP contribution in [-0.2, 0) is 0 Å². The van der Waals surface area contributed by atoms with Gasteiger partial charge in [0.2, 0.25) is 0 Å². The first kappa shape index (κ1) is 18.6. The van der Waals surface area contributed by atoms with E-state index in [4.69, 9.17) is 5.73 Å². The Hall–Kier alpha value is -2.15. The highest BCUT2D eigenvalue weighted by Crippen LogP contribution is 2.32. The largest absolute Gasteiger partial charge is 0.399 e. The van der Waals surface area contributed by atoms with Gasteiger partial charge in [-0.05, 0) is 66.4 Å². The number of piperidine rings is 1. The van der Waals surface area contributed by atoms with E-state index in [1.807, 2.05) is 6.07 Å². The van der Waals surface area contributed by atoms with Crippen LogP contribution in [0.2, 0.25) is 0 Å². The lowest BCUT2D eigenvalue weighted by Gasteiger charge is -2.36. The van der Waals surface area contributed by atoms with E-state index in [0.29, 0.717) is 17.3 Å². The molecule has 0 saturated carbocycles. The second kappa shape index (κ2) is 7.61. The molecule has 3 rings (SSSR count). The molecule has 3 N–H and O–H groups in total. The first-order valence-electron chi connectivity index (χ1n) is 8.49. The van der Waals surface area contributed by atoms with Crippen LogP contribution < -0.4 is 16.0 Å². The quantitative estimate of drug-likeness (QED) is 0.687. The van der Waals surface area contributed by atoms with Crippen molar-refractivity contribution in [3.63, 3.8) is 0 Å². The molecule has 1 aliphatic heterocycles. The molecule has 1 aliphatic rings. The highest BCUT2D eigenvalue weighted by Gasteiger charge is 2.24. The molecule has 1 heterocycles. The zero-order chi connectivity index (χ0) is 18.8. The molecule has 0 aliphatic carbocycles. The number of benzene rings is 2. The van der Waals surface area contributed by atoms with Crippen molar-refractivity contribution in [3.05, 3.63) is 52.0 Å². The second-order valence-corrected chi connectivity index (χ2v) is 7.37. The molecule has 1 unspecified atom stereocenters. The van der Waals surface area contributed by atoms with Crippen LogP contribution in [0.1, 0.15) is 36.5 Å². The topological polar surface area (TPSA) is 58.4 Å². The standard InChI is InChI=1S/C19H20BrF2N3O/c1-11-4-2-3-7-25(11)17-6-5-13(23)10-14(17)19(26)24-18-15(20)8-12(21)9-16(18)22/h5-6,8-11H,2-4,7,23H2,1H3,(H,24,26). The first-order valence-corrected chi connectivity index (χ1v) is 9.28. The number of hydrogen-bond acceptors (Lipinski definition) is 3. The summed E-state index contributed by atoms with van der Waals surface area (Å²) in [6, 6.07) is 7.29. The number of carbonyl (C=O) groups excluding carboxylic acids is 1. The van der Waals surface area contributed by atoms with Gasteiger partial charge in [-0.1, -0.05) is 0 Å². The summed E-state index contributed by atoms with van der Waals surface area (Å²) in [6.45, 7) is 2.97. The zero-order valence-corrected chi connectivity index (χ0v) is 15.9. The third-order valence-electron chi connectivity index (χ3n) is 4.62. The Balaban J connectivity index is 1.96. The fourth-order valence-electron chi connectivity index (χ4n) is 3.28. The van der Waals surface area contributed by atoms with Crippen molar-refractivity contribution >= 4 is 38.9 Å². The summed E-state index contributed by atoms with van der Waals surface area (Å²) in [4.78, 5) is 15.0. The number of nitrogens with zero attached hydrogens (tertiary/aromatic N) is 1. The average Bonchev–Trinajstić information content (AvgIpc) is 2.58. The summed E-state index contributed by atoms with van der Waals surface area (Å²) in [5, 5.41) is 2.53. The molecule has 0 bridgehead atoms. The van der Waals surface area contributed by atoms with Crippen LogP contribution in [0.3, 0.4) is 0 Å². The number of amides is 1. The van der Waals surface area contributed by atoms with Gasteiger partial charge >= 0.3 is 0 Å². The van der Waals surface area contributed by atoms with Gasteiger partial charge in [-0.15, -0.1) is 0 Å². The van der Waals surface area contributed by atoms with E-state index in [1.54, 1.807) is 12.1 Å². The molecule has 2 aromatic rings. The Morgan fingerprint density at radius 1 is 1.27 bits per heavy atom. The molecule has 2 aromatic carbocycles. The van der Waals surface area contributed by atoms with E-state index in [-0.39, 0.29) is 10.2 Å². The predicted octanol–water partition coefficient (Wildman–Crippen LogP) is 4.94. The summed E-state index contributed by atoms with van der Waals surface area (Å²) in [6.07, 6.45) is 3.25. The molecule has 1 saturated heterocycles. The van der Waals surface area contributed by atoms with Crippen molar-refractivity contribution in [2.75, 3.05) is 22.5 Å². The Morgan fingerprint density at radius 3 is 2.73 bits per heavy atom. The second-order valence-electron chi connectivity index (χ2n) is 6.51. The van der Waals surface area contributed by atoms with Crippen molar-refractivity contribution in [3.8, 4) is 0 Å². The van der Waals surface area contributed by atoms with Crippen LogP contribution in [0.5, 0.6) is 0 Å². The lowest BCUT2D eigenvalue weighted by Crippen LogP contribution is -2.38. The SMILES string of the molecule is CC1CCCCN1c1ccc(N)cc1C(=O)Nc1c(F)cc(F)cc1Br. The van der Waals surface area contributed by atoms with Gasteiger partial charge in [0, 0.05) is 34.5 Å². The maximum absolute atomic E-state index is 14.1. The summed E-state index contributed by atoms with van der Waals surface area (Å²) in [7, 11) is 0. The Morgan fingerprint density at radius 2 is 2.04 bits per heavy atom. The van der Waals surface area contributed by atoms with Gasteiger partial charge in [0.1, 0.15) is 5.82 Å². The number of anilines is 3. The van der Waals surface area contributed by atoms with Gasteiger partial charge in [-0.25, -0.2) is 8.78 Å². The number of rotatable bonds is 3. The normalized spacial score (nSPS) is 17.2. The van der Waals surface area contributed by atoms with E-state index in [0.717, 1.165) is 43.6 Å². The summed E-state index contributed by atoms with van der Waals surface area (Å²) in [5.41, 5.74) is 7.35. The van der Waals surface area contributed by atoms with Crippen LogP contribution in [0.15, 0.2) is 34.8 Å². The molecule has 0 spiro atoms. The minimum absolute atomic E-state index is 0.100. The fourth-order valence-corrected chi connectivity index (χ4v) is 3.79. The number of halogens is 3. The van der Waals surface area contributed by atoms with E-state index < -0.39 is 17.5 Å². The Kier molecular flexibility index (Phi) is 5.46. The predicted molar refractivity (Wildman–Crippen MR) is 104 cm³/mol. The lowest BCUT2D eigenvalue weighted by molar-refractivity contribution is 0.102. The van der Waals surface area contributed by atoms with Crippen LogP contribution >= 0.6 is 15.9 Å². The van der Waals surface area contributed by atoms with Crippen LogP contribution in [-0.4, -0.2) is 18.5 Å². The van der Waals surface area contributed by atoms with Crippen LogP contribution in [0.4, 0.5) is 25.8 Å². The van der Waals surface area contributed by atoms with E-state index in [9.17, 15) is 13.6 Å². The lowest BCUT2D eigenvalue weighted by atomic mass is 10.0. The number of nitrogens with two attached hydrogens (primary N) is 1. The van der Waals surface area contributed by atoms with Crippen molar-refractivity contribution in [1.82, 2.24) is 0 Å². The monoisotopic (exact) mass is 423 g/mol. The third-order valence-corrected chi connectivity index (χ3v) is 5.25. The van der Waals surface area contributed by atoms with Crippen LogP contribution in [0.25, 0.3) is 0 Å². The van der Waals surface area contributed by atoms with Crippen molar-refractivity contribution < 1.29 is 13.6 Å². The average molecular weight is 424 g/mol. The minimum atomic E-state index is -0.845. The van der Waals surface area contributed by atoms with Crippen molar-refractivity contribution in [2.24, 2.45) is 0 Å². The molecule has 4 nitrogen and oxygen atoms in total. The van der Waals surface area contributed by atoms with Crippen molar-refractivity contribution in [1.29, 1.82) is 0 Å². The van der Waals surface area contributed by atoms with Gasteiger partial charge in [0.05, 0.1) is 11.3 Å². The van der Waals surface area contributed by atoms with Gasteiger partial charge in [0.15, 0.2) is 5.82 Å². The molecule has 0 radical (unpaired) electrons. The van der Waals surface area contributed by atoms with Gasteiger partial charge in [0.25, 0.3) is 5.91 Å². The van der Waals surface area contributed by atoms with E-state index in [2.05, 4.69) is 33.1 Å². The highest BCUT2D eigenvalue weighted by atomic mass is 79.9. The number of carbonyl (C=O) groups is 1. The Bertz CT molecular complexity index is 821. The smallest absolute Gasteiger partial charge is 0.257 e. The van der Waals surface area contributed by atoms with Gasteiger partial charge in [-0.3, -0.25) is 4.79 Å². The third kappa shape index (κ3) is 3.82. The van der Waals surface area contributed by atoms with Crippen molar-refractivity contribution in [2.45, 2.75) is 32.2 Å². The van der Waals surface area contributed by atoms with E-state index >= 15 is 0 Å². The summed E-state index contributed by atoms with van der Waals surface area (Å²) in [5.74, 6) is -2.06. The summed E-state index contributed by atoms with van der Waals surface area (Å²) >= 11 is 3.09. The molecule has 7 heteroatoms.